The predicted molar refractivity (Wildman–Crippen MR) is 65.4 cm³/mol. The van der Waals surface area contributed by atoms with Crippen LogP contribution in [0.15, 0.2) is 16.6 Å². The normalized spacial score (nSPS) is 14.8. The molecule has 0 bridgehead atoms. The summed E-state index contributed by atoms with van der Waals surface area (Å²) >= 11 is 3.50. The fourth-order valence-corrected chi connectivity index (χ4v) is 1.52. The van der Waals surface area contributed by atoms with Crippen LogP contribution in [0.2, 0.25) is 0 Å². The second kappa shape index (κ2) is 4.99. The first-order chi connectivity index (χ1) is 6.91. The maximum Gasteiger partial charge on any atom is 0.121 e. The number of aryl methyl sites for hydroxylation is 2. The number of aliphatic hydroxyl groups is 1. The van der Waals surface area contributed by atoms with E-state index in [1.54, 1.807) is 6.92 Å². The summed E-state index contributed by atoms with van der Waals surface area (Å²) in [6.07, 6.45) is -0.653. The Morgan fingerprint density at radius 3 is 2.07 bits per heavy atom. The fraction of sp³-hybridized carbons (Fsp3) is 0.500. The Kier molecular flexibility index (Phi) is 4.17. The molecule has 15 heavy (non-hydrogen) atoms. The molecule has 0 aromatic heterocycles. The summed E-state index contributed by atoms with van der Waals surface area (Å²) in [6, 6.07) is 3.94. The first kappa shape index (κ1) is 12.5. The molecule has 0 amide bonds. The van der Waals surface area contributed by atoms with Crippen molar-refractivity contribution < 1.29 is 9.84 Å². The molecule has 1 aromatic carbocycles. The van der Waals surface area contributed by atoms with Crippen LogP contribution in [0.1, 0.15) is 25.0 Å². The molecule has 0 fully saturated rings. The summed E-state index contributed by atoms with van der Waals surface area (Å²) in [4.78, 5) is 0. The molecule has 0 spiro atoms. The molecule has 84 valence electrons. The molecule has 0 radical (unpaired) electrons. The molecule has 0 saturated carbocycles. The number of benzene rings is 1. The van der Waals surface area contributed by atoms with Crippen LogP contribution in [0.5, 0.6) is 5.75 Å². The van der Waals surface area contributed by atoms with E-state index in [0.29, 0.717) is 0 Å². The van der Waals surface area contributed by atoms with Crippen LogP contribution in [0.4, 0.5) is 0 Å². The van der Waals surface area contributed by atoms with Gasteiger partial charge in [0.15, 0.2) is 0 Å². The zero-order valence-corrected chi connectivity index (χ0v) is 11.1. The third-order valence-electron chi connectivity index (χ3n) is 2.41. The van der Waals surface area contributed by atoms with Crippen LogP contribution >= 0.6 is 15.9 Å². The Morgan fingerprint density at radius 2 is 1.67 bits per heavy atom. The van der Waals surface area contributed by atoms with Gasteiger partial charge in [0.1, 0.15) is 11.9 Å². The SMILES string of the molecule is Cc1cc(OC(C)C(C)O)cc(C)c1Br. The Morgan fingerprint density at radius 1 is 1.20 bits per heavy atom. The van der Waals surface area contributed by atoms with E-state index in [1.807, 2.05) is 32.9 Å². The molecule has 0 aliphatic heterocycles. The van der Waals surface area contributed by atoms with Gasteiger partial charge in [0.2, 0.25) is 0 Å². The van der Waals surface area contributed by atoms with Crippen molar-refractivity contribution in [1.29, 1.82) is 0 Å². The smallest absolute Gasteiger partial charge is 0.121 e. The van der Waals surface area contributed by atoms with Gasteiger partial charge < -0.3 is 9.84 Å². The fourth-order valence-electron chi connectivity index (χ4n) is 1.29. The Hall–Kier alpha value is -0.540. The molecular weight excluding hydrogens is 256 g/mol. The van der Waals surface area contributed by atoms with E-state index in [4.69, 9.17) is 4.74 Å². The minimum Gasteiger partial charge on any atom is -0.488 e. The van der Waals surface area contributed by atoms with Gasteiger partial charge in [-0.15, -0.1) is 0 Å². The number of halogens is 1. The lowest BCUT2D eigenvalue weighted by Gasteiger charge is -2.18. The zero-order valence-electron chi connectivity index (χ0n) is 9.54. The number of rotatable bonds is 3. The Labute approximate surface area is 99.4 Å². The summed E-state index contributed by atoms with van der Waals surface area (Å²) in [7, 11) is 0. The molecule has 0 aliphatic rings. The van der Waals surface area contributed by atoms with Crippen LogP contribution in [0, 0.1) is 13.8 Å². The summed E-state index contributed by atoms with van der Waals surface area (Å²) in [5, 5.41) is 9.34. The maximum absolute atomic E-state index is 9.34. The molecular formula is C12H17BrO2. The van der Waals surface area contributed by atoms with Crippen molar-refractivity contribution >= 4 is 15.9 Å². The monoisotopic (exact) mass is 272 g/mol. The van der Waals surface area contributed by atoms with Crippen LogP contribution in [0.25, 0.3) is 0 Å². The number of hydrogen-bond donors (Lipinski definition) is 1. The standard InChI is InChI=1S/C12H17BrO2/c1-7-5-11(6-8(2)12(7)13)15-10(4)9(3)14/h5-6,9-10,14H,1-4H3. The highest BCUT2D eigenvalue weighted by atomic mass is 79.9. The highest BCUT2D eigenvalue weighted by Gasteiger charge is 2.11. The maximum atomic E-state index is 9.34. The number of aliphatic hydroxyl groups excluding tert-OH is 1. The average Bonchev–Trinajstić information content (AvgIpc) is 2.13. The van der Waals surface area contributed by atoms with Gasteiger partial charge in [-0.2, -0.15) is 0 Å². The van der Waals surface area contributed by atoms with E-state index in [9.17, 15) is 5.11 Å². The van der Waals surface area contributed by atoms with Gasteiger partial charge >= 0.3 is 0 Å². The van der Waals surface area contributed by atoms with E-state index < -0.39 is 6.10 Å². The third kappa shape index (κ3) is 3.21. The van der Waals surface area contributed by atoms with E-state index in [1.165, 1.54) is 0 Å². The minimum atomic E-state index is -0.464. The number of ether oxygens (including phenoxy) is 1. The second-order valence-electron chi connectivity index (χ2n) is 3.93. The molecule has 1 N–H and O–H groups in total. The minimum absolute atomic E-state index is 0.190. The van der Waals surface area contributed by atoms with Crippen LogP contribution in [-0.4, -0.2) is 17.3 Å². The van der Waals surface area contributed by atoms with Crippen LogP contribution < -0.4 is 4.74 Å². The van der Waals surface area contributed by atoms with Crippen molar-refractivity contribution in [2.75, 3.05) is 0 Å². The first-order valence-electron chi connectivity index (χ1n) is 5.03. The second-order valence-corrected chi connectivity index (χ2v) is 4.73. The van der Waals surface area contributed by atoms with E-state index in [0.717, 1.165) is 21.3 Å². The summed E-state index contributed by atoms with van der Waals surface area (Å²) in [5.74, 6) is 0.807. The lowest BCUT2D eigenvalue weighted by molar-refractivity contribution is 0.0604. The highest BCUT2D eigenvalue weighted by Crippen LogP contribution is 2.27. The van der Waals surface area contributed by atoms with Gasteiger partial charge in [-0.3, -0.25) is 0 Å². The van der Waals surface area contributed by atoms with E-state index in [2.05, 4.69) is 15.9 Å². The van der Waals surface area contributed by atoms with Gasteiger partial charge in [0, 0.05) is 4.47 Å². The van der Waals surface area contributed by atoms with Gasteiger partial charge in [0.05, 0.1) is 6.10 Å². The quantitative estimate of drug-likeness (QED) is 0.916. The van der Waals surface area contributed by atoms with Crippen molar-refractivity contribution in [3.8, 4) is 5.75 Å². The van der Waals surface area contributed by atoms with Crippen molar-refractivity contribution in [2.45, 2.75) is 39.9 Å². The zero-order chi connectivity index (χ0) is 11.6. The van der Waals surface area contributed by atoms with Crippen molar-refractivity contribution in [3.05, 3.63) is 27.7 Å². The van der Waals surface area contributed by atoms with Gasteiger partial charge in [-0.25, -0.2) is 0 Å². The molecule has 2 unspecified atom stereocenters. The Bertz CT molecular complexity index is 324. The summed E-state index contributed by atoms with van der Waals surface area (Å²) < 4.78 is 6.73. The summed E-state index contributed by atoms with van der Waals surface area (Å²) in [6.45, 7) is 7.63. The van der Waals surface area contributed by atoms with Crippen molar-refractivity contribution in [3.63, 3.8) is 0 Å². The van der Waals surface area contributed by atoms with Crippen molar-refractivity contribution in [2.24, 2.45) is 0 Å². The molecule has 1 rings (SSSR count). The molecule has 2 atom stereocenters. The molecule has 2 nitrogen and oxygen atoms in total. The van der Waals surface area contributed by atoms with Gasteiger partial charge in [-0.1, -0.05) is 15.9 Å². The first-order valence-corrected chi connectivity index (χ1v) is 5.82. The predicted octanol–water partition coefficient (Wildman–Crippen LogP) is 3.21. The van der Waals surface area contributed by atoms with E-state index >= 15 is 0 Å². The Balaban J connectivity index is 2.88. The average molecular weight is 273 g/mol. The molecule has 1 aromatic rings. The third-order valence-corrected chi connectivity index (χ3v) is 3.66. The van der Waals surface area contributed by atoms with E-state index in [-0.39, 0.29) is 6.10 Å². The van der Waals surface area contributed by atoms with Gasteiger partial charge in [0.25, 0.3) is 0 Å². The highest BCUT2D eigenvalue weighted by molar-refractivity contribution is 9.10. The largest absolute Gasteiger partial charge is 0.488 e. The van der Waals surface area contributed by atoms with Crippen molar-refractivity contribution in [1.82, 2.24) is 0 Å². The summed E-state index contributed by atoms with van der Waals surface area (Å²) in [5.41, 5.74) is 2.28. The van der Waals surface area contributed by atoms with Crippen LogP contribution in [-0.2, 0) is 0 Å². The lowest BCUT2D eigenvalue weighted by Crippen LogP contribution is -2.25. The molecule has 0 aliphatic carbocycles. The van der Waals surface area contributed by atoms with Crippen LogP contribution in [0.3, 0.4) is 0 Å². The van der Waals surface area contributed by atoms with Gasteiger partial charge in [-0.05, 0) is 51.0 Å². The molecule has 0 saturated heterocycles. The lowest BCUT2D eigenvalue weighted by atomic mass is 10.1. The topological polar surface area (TPSA) is 29.5 Å². The molecule has 3 heteroatoms. The molecule has 0 heterocycles. The number of hydrogen-bond acceptors (Lipinski definition) is 2.